The molecule has 0 bridgehead atoms. The maximum atomic E-state index is 12.2. The van der Waals surface area contributed by atoms with Crippen molar-refractivity contribution in [3.63, 3.8) is 0 Å². The van der Waals surface area contributed by atoms with Gasteiger partial charge in [-0.05, 0) is 41.8 Å². The van der Waals surface area contributed by atoms with Crippen LogP contribution in [0.4, 0.5) is 5.69 Å². The molecule has 4 rings (SSSR count). The zero-order valence-corrected chi connectivity index (χ0v) is 16.4. The molecular weight excluding hydrogens is 360 g/mol. The van der Waals surface area contributed by atoms with Gasteiger partial charge >= 0.3 is 0 Å². The molecule has 3 aromatic rings. The van der Waals surface area contributed by atoms with Crippen molar-refractivity contribution in [3.8, 4) is 0 Å². The molecule has 0 radical (unpaired) electrons. The van der Waals surface area contributed by atoms with Crippen LogP contribution in [-0.2, 0) is 11.3 Å². The van der Waals surface area contributed by atoms with E-state index in [-0.39, 0.29) is 5.91 Å². The molecule has 148 valence electrons. The Morgan fingerprint density at radius 2 is 1.59 bits per heavy atom. The highest BCUT2D eigenvalue weighted by molar-refractivity contribution is 6.04. The highest BCUT2D eigenvalue weighted by Crippen LogP contribution is 2.40. The molecule has 0 spiro atoms. The van der Waals surface area contributed by atoms with E-state index in [1.165, 1.54) is 11.1 Å². The third-order valence-corrected chi connectivity index (χ3v) is 5.19. The van der Waals surface area contributed by atoms with Gasteiger partial charge < -0.3 is 15.4 Å². The van der Waals surface area contributed by atoms with Crippen molar-refractivity contribution in [3.05, 3.63) is 102 Å². The number of hydrogen-bond donors (Lipinski definition) is 2. The molecule has 29 heavy (non-hydrogen) atoms. The van der Waals surface area contributed by atoms with Crippen LogP contribution in [0.15, 0.2) is 84.9 Å². The van der Waals surface area contributed by atoms with Crippen molar-refractivity contribution in [2.45, 2.75) is 25.0 Å². The average molecular weight is 386 g/mol. The minimum atomic E-state index is -0.0835. The monoisotopic (exact) mass is 386 g/mol. The molecule has 0 saturated heterocycles. The number of carbonyl (C=O) groups is 1. The van der Waals surface area contributed by atoms with Gasteiger partial charge in [0.2, 0.25) is 0 Å². The van der Waals surface area contributed by atoms with Gasteiger partial charge in [0.25, 0.3) is 5.91 Å². The summed E-state index contributed by atoms with van der Waals surface area (Å²) in [6.45, 7) is 2.23. The van der Waals surface area contributed by atoms with E-state index in [1.807, 2.05) is 60.7 Å². The number of nitrogens with one attached hydrogen (secondary N) is 2. The summed E-state index contributed by atoms with van der Waals surface area (Å²) in [6, 6.07) is 28.2. The minimum Gasteiger partial charge on any atom is -0.375 e. The standard InChI is InChI=1S/C25H26N2O2/c28-25(21-9-5-2-6-10-21)27-22-13-11-20(12-14-22)23-17-24(23)26-15-16-29-18-19-7-3-1-4-8-19/h1-14,23-24,26H,15-18H2,(H,27,28)/t23-,24+/m0/s1. The Bertz CT molecular complexity index is 911. The van der Waals surface area contributed by atoms with Crippen molar-refractivity contribution in [2.75, 3.05) is 18.5 Å². The van der Waals surface area contributed by atoms with Crippen molar-refractivity contribution in [1.29, 1.82) is 0 Å². The molecule has 1 aliphatic carbocycles. The molecule has 2 atom stereocenters. The highest BCUT2D eigenvalue weighted by Gasteiger charge is 2.37. The van der Waals surface area contributed by atoms with Gasteiger partial charge in [-0.15, -0.1) is 0 Å². The molecule has 1 fully saturated rings. The fourth-order valence-corrected chi connectivity index (χ4v) is 3.48. The van der Waals surface area contributed by atoms with Gasteiger partial charge in [-0.2, -0.15) is 0 Å². The van der Waals surface area contributed by atoms with Crippen LogP contribution in [0.2, 0.25) is 0 Å². The molecule has 2 N–H and O–H groups in total. The van der Waals surface area contributed by atoms with Gasteiger partial charge in [0.05, 0.1) is 13.2 Å². The van der Waals surface area contributed by atoms with E-state index >= 15 is 0 Å². The van der Waals surface area contributed by atoms with Gasteiger partial charge in [0, 0.05) is 29.8 Å². The highest BCUT2D eigenvalue weighted by atomic mass is 16.5. The van der Waals surface area contributed by atoms with Crippen LogP contribution in [0.5, 0.6) is 0 Å². The SMILES string of the molecule is O=C(Nc1ccc([C@@H]2C[C@H]2NCCOCc2ccccc2)cc1)c1ccccc1. The first kappa shape index (κ1) is 19.4. The second-order valence-electron chi connectivity index (χ2n) is 7.38. The quantitative estimate of drug-likeness (QED) is 0.529. The fourth-order valence-electron chi connectivity index (χ4n) is 3.48. The first-order chi connectivity index (χ1) is 14.3. The van der Waals surface area contributed by atoms with Crippen LogP contribution in [0.1, 0.15) is 33.8 Å². The molecule has 3 aromatic carbocycles. The second kappa shape index (κ2) is 9.50. The average Bonchev–Trinajstić information content (AvgIpc) is 3.55. The number of ether oxygens (including phenoxy) is 1. The van der Waals surface area contributed by atoms with Crippen molar-refractivity contribution >= 4 is 11.6 Å². The third-order valence-electron chi connectivity index (χ3n) is 5.19. The van der Waals surface area contributed by atoms with Crippen LogP contribution in [-0.4, -0.2) is 25.1 Å². The second-order valence-corrected chi connectivity index (χ2v) is 7.38. The Balaban J connectivity index is 1.17. The van der Waals surface area contributed by atoms with E-state index in [9.17, 15) is 4.79 Å². The molecular formula is C25H26N2O2. The Morgan fingerprint density at radius 3 is 2.31 bits per heavy atom. The summed E-state index contributed by atoms with van der Waals surface area (Å²) in [5.41, 5.74) is 4.00. The summed E-state index contributed by atoms with van der Waals surface area (Å²) >= 11 is 0. The summed E-state index contributed by atoms with van der Waals surface area (Å²) in [7, 11) is 0. The molecule has 4 heteroatoms. The van der Waals surface area contributed by atoms with Gasteiger partial charge in [-0.3, -0.25) is 4.79 Å². The summed E-state index contributed by atoms with van der Waals surface area (Å²) in [4.78, 5) is 12.2. The van der Waals surface area contributed by atoms with E-state index in [1.54, 1.807) is 0 Å². The molecule has 1 aliphatic rings. The summed E-state index contributed by atoms with van der Waals surface area (Å²) < 4.78 is 5.73. The minimum absolute atomic E-state index is 0.0835. The van der Waals surface area contributed by atoms with Crippen molar-refractivity contribution in [1.82, 2.24) is 5.32 Å². The number of carbonyl (C=O) groups excluding carboxylic acids is 1. The van der Waals surface area contributed by atoms with Crippen LogP contribution in [0.3, 0.4) is 0 Å². The summed E-state index contributed by atoms with van der Waals surface area (Å²) in [5, 5.41) is 6.51. The van der Waals surface area contributed by atoms with E-state index < -0.39 is 0 Å². The Kier molecular flexibility index (Phi) is 6.35. The van der Waals surface area contributed by atoms with Gasteiger partial charge in [-0.25, -0.2) is 0 Å². The topological polar surface area (TPSA) is 50.4 Å². The number of anilines is 1. The molecule has 4 nitrogen and oxygen atoms in total. The van der Waals surface area contributed by atoms with E-state index in [2.05, 4.69) is 34.9 Å². The Labute approximate surface area is 171 Å². The predicted octanol–water partition coefficient (Wildman–Crippen LogP) is 4.60. The zero-order chi connectivity index (χ0) is 19.9. The van der Waals surface area contributed by atoms with Crippen LogP contribution in [0.25, 0.3) is 0 Å². The maximum Gasteiger partial charge on any atom is 0.255 e. The molecule has 0 aliphatic heterocycles. The Hall–Kier alpha value is -2.95. The van der Waals surface area contributed by atoms with E-state index in [0.29, 0.717) is 30.7 Å². The summed E-state index contributed by atoms with van der Waals surface area (Å²) in [6.07, 6.45) is 1.15. The lowest BCUT2D eigenvalue weighted by Gasteiger charge is -2.08. The zero-order valence-electron chi connectivity index (χ0n) is 16.4. The van der Waals surface area contributed by atoms with Crippen LogP contribution in [0, 0.1) is 0 Å². The van der Waals surface area contributed by atoms with Crippen molar-refractivity contribution < 1.29 is 9.53 Å². The van der Waals surface area contributed by atoms with Gasteiger partial charge in [0.15, 0.2) is 0 Å². The molecule has 1 amide bonds. The smallest absolute Gasteiger partial charge is 0.255 e. The lowest BCUT2D eigenvalue weighted by molar-refractivity contribution is 0.102. The van der Waals surface area contributed by atoms with Crippen LogP contribution >= 0.6 is 0 Å². The first-order valence-corrected chi connectivity index (χ1v) is 10.1. The van der Waals surface area contributed by atoms with E-state index in [0.717, 1.165) is 18.7 Å². The normalized spacial score (nSPS) is 17.7. The van der Waals surface area contributed by atoms with E-state index in [4.69, 9.17) is 4.74 Å². The Morgan fingerprint density at radius 1 is 0.897 bits per heavy atom. The fraction of sp³-hybridized carbons (Fsp3) is 0.240. The lowest BCUT2D eigenvalue weighted by Crippen LogP contribution is -2.23. The third kappa shape index (κ3) is 5.53. The maximum absolute atomic E-state index is 12.2. The number of rotatable bonds is 9. The number of hydrogen-bond acceptors (Lipinski definition) is 3. The van der Waals surface area contributed by atoms with Gasteiger partial charge in [0.1, 0.15) is 0 Å². The largest absolute Gasteiger partial charge is 0.375 e. The molecule has 1 saturated carbocycles. The molecule has 0 heterocycles. The van der Waals surface area contributed by atoms with Crippen molar-refractivity contribution in [2.24, 2.45) is 0 Å². The first-order valence-electron chi connectivity index (χ1n) is 10.1. The van der Waals surface area contributed by atoms with Crippen LogP contribution < -0.4 is 10.6 Å². The lowest BCUT2D eigenvalue weighted by atomic mass is 10.1. The van der Waals surface area contributed by atoms with Gasteiger partial charge in [-0.1, -0.05) is 60.7 Å². The molecule has 0 unspecified atom stereocenters. The predicted molar refractivity (Wildman–Crippen MR) is 116 cm³/mol. The summed E-state index contributed by atoms with van der Waals surface area (Å²) in [5.74, 6) is 0.461. The number of benzene rings is 3. The number of amides is 1. The molecule has 0 aromatic heterocycles.